The Labute approximate surface area is 101 Å². The van der Waals surface area contributed by atoms with Gasteiger partial charge >= 0.3 is 0 Å². The monoisotopic (exact) mass is 276 g/mol. The van der Waals surface area contributed by atoms with E-state index in [0.717, 1.165) is 44.5 Å². The summed E-state index contributed by atoms with van der Waals surface area (Å²) in [6.07, 6.45) is 0.726. The van der Waals surface area contributed by atoms with E-state index in [9.17, 15) is 4.79 Å². The van der Waals surface area contributed by atoms with Crippen molar-refractivity contribution in [3.05, 3.63) is 0 Å². The number of carbonyl (C=O) groups excluding carboxylic acids is 1. The number of hydrogen-bond acceptors (Lipinski definition) is 2. The van der Waals surface area contributed by atoms with Crippen LogP contribution in [0.4, 0.5) is 0 Å². The zero-order valence-corrected chi connectivity index (χ0v) is 11.3. The van der Waals surface area contributed by atoms with Crippen molar-refractivity contribution in [2.45, 2.75) is 20.3 Å². The SMILES string of the molecule is CCN(CC)CCN1CC(CBr)CC1=O. The topological polar surface area (TPSA) is 23.6 Å². The Morgan fingerprint density at radius 3 is 2.60 bits per heavy atom. The van der Waals surface area contributed by atoms with Crippen molar-refractivity contribution in [3.63, 3.8) is 0 Å². The first-order chi connectivity index (χ1) is 7.21. The summed E-state index contributed by atoms with van der Waals surface area (Å²) in [4.78, 5) is 16.0. The molecule has 1 heterocycles. The number of likely N-dealkylation sites (tertiary alicyclic amines) is 1. The molecule has 1 unspecified atom stereocenters. The highest BCUT2D eigenvalue weighted by Crippen LogP contribution is 2.19. The molecule has 88 valence electrons. The van der Waals surface area contributed by atoms with Crippen LogP contribution in [0.3, 0.4) is 0 Å². The lowest BCUT2D eigenvalue weighted by Crippen LogP contribution is -2.36. The smallest absolute Gasteiger partial charge is 0.222 e. The fraction of sp³-hybridized carbons (Fsp3) is 0.909. The minimum absolute atomic E-state index is 0.326. The number of likely N-dealkylation sites (N-methyl/N-ethyl adjacent to an activating group) is 1. The van der Waals surface area contributed by atoms with Crippen molar-refractivity contribution in [1.82, 2.24) is 9.80 Å². The molecule has 0 radical (unpaired) electrons. The van der Waals surface area contributed by atoms with Crippen molar-refractivity contribution < 1.29 is 4.79 Å². The third-order valence-electron chi connectivity index (χ3n) is 3.09. The molecule has 1 saturated heterocycles. The van der Waals surface area contributed by atoms with E-state index in [1.807, 2.05) is 4.90 Å². The summed E-state index contributed by atoms with van der Waals surface area (Å²) in [6.45, 7) is 9.30. The molecule has 3 nitrogen and oxygen atoms in total. The van der Waals surface area contributed by atoms with Gasteiger partial charge in [0.05, 0.1) is 0 Å². The van der Waals surface area contributed by atoms with Gasteiger partial charge in [0.25, 0.3) is 0 Å². The standard InChI is InChI=1S/C11H21BrN2O/c1-3-13(4-2)5-6-14-9-10(8-12)7-11(14)15/h10H,3-9H2,1-2H3. The van der Waals surface area contributed by atoms with Gasteiger partial charge in [0.1, 0.15) is 0 Å². The molecule has 0 bridgehead atoms. The zero-order valence-electron chi connectivity index (χ0n) is 9.71. The van der Waals surface area contributed by atoms with Crippen LogP contribution in [0, 0.1) is 5.92 Å². The van der Waals surface area contributed by atoms with Gasteiger partial charge in [-0.3, -0.25) is 4.79 Å². The van der Waals surface area contributed by atoms with Crippen molar-refractivity contribution in [1.29, 1.82) is 0 Å². The summed E-state index contributed by atoms with van der Waals surface area (Å²) in [7, 11) is 0. The Bertz CT molecular complexity index is 207. The third kappa shape index (κ3) is 3.76. The number of halogens is 1. The minimum atomic E-state index is 0.326. The lowest BCUT2D eigenvalue weighted by molar-refractivity contribution is -0.127. The van der Waals surface area contributed by atoms with Gasteiger partial charge in [0.15, 0.2) is 0 Å². The molecule has 1 amide bonds. The van der Waals surface area contributed by atoms with Gasteiger partial charge in [-0.25, -0.2) is 0 Å². The van der Waals surface area contributed by atoms with Gasteiger partial charge in [0, 0.05) is 31.4 Å². The van der Waals surface area contributed by atoms with E-state index in [1.165, 1.54) is 0 Å². The highest BCUT2D eigenvalue weighted by molar-refractivity contribution is 9.09. The molecule has 0 aromatic carbocycles. The fourth-order valence-corrected chi connectivity index (χ4v) is 2.41. The molecule has 1 rings (SSSR count). The fourth-order valence-electron chi connectivity index (χ4n) is 1.98. The third-order valence-corrected chi connectivity index (χ3v) is 4.01. The Morgan fingerprint density at radius 1 is 1.47 bits per heavy atom. The van der Waals surface area contributed by atoms with Crippen LogP contribution in [0.25, 0.3) is 0 Å². The van der Waals surface area contributed by atoms with Crippen LogP contribution in [0.1, 0.15) is 20.3 Å². The number of nitrogens with zero attached hydrogens (tertiary/aromatic N) is 2. The average Bonchev–Trinajstić information content (AvgIpc) is 2.61. The molecule has 0 saturated carbocycles. The van der Waals surface area contributed by atoms with Crippen LogP contribution in [0.2, 0.25) is 0 Å². The van der Waals surface area contributed by atoms with E-state index < -0.39 is 0 Å². The minimum Gasteiger partial charge on any atom is -0.341 e. The molecule has 0 spiro atoms. The summed E-state index contributed by atoms with van der Waals surface area (Å²) >= 11 is 3.45. The van der Waals surface area contributed by atoms with Crippen LogP contribution in [0.15, 0.2) is 0 Å². The van der Waals surface area contributed by atoms with E-state index in [2.05, 4.69) is 34.7 Å². The quantitative estimate of drug-likeness (QED) is 0.688. The first kappa shape index (κ1) is 13.0. The van der Waals surface area contributed by atoms with E-state index in [0.29, 0.717) is 11.8 Å². The highest BCUT2D eigenvalue weighted by atomic mass is 79.9. The maximum atomic E-state index is 11.6. The molecular weight excluding hydrogens is 256 g/mol. The number of rotatable bonds is 6. The largest absolute Gasteiger partial charge is 0.341 e. The second-order valence-electron chi connectivity index (χ2n) is 4.09. The van der Waals surface area contributed by atoms with Gasteiger partial charge in [-0.05, 0) is 19.0 Å². The molecule has 15 heavy (non-hydrogen) atoms. The molecule has 0 aliphatic carbocycles. The summed E-state index contributed by atoms with van der Waals surface area (Å²) in [6, 6.07) is 0. The van der Waals surface area contributed by atoms with Gasteiger partial charge < -0.3 is 9.80 Å². The van der Waals surface area contributed by atoms with Crippen molar-refractivity contribution in [3.8, 4) is 0 Å². The van der Waals surface area contributed by atoms with E-state index in [1.54, 1.807) is 0 Å². The number of amides is 1. The maximum Gasteiger partial charge on any atom is 0.222 e. The molecule has 4 heteroatoms. The predicted molar refractivity (Wildman–Crippen MR) is 66.3 cm³/mol. The van der Waals surface area contributed by atoms with Crippen LogP contribution < -0.4 is 0 Å². The van der Waals surface area contributed by atoms with Crippen LogP contribution in [-0.2, 0) is 4.79 Å². The summed E-state index contributed by atoms with van der Waals surface area (Å²) < 4.78 is 0. The first-order valence-electron chi connectivity index (χ1n) is 5.77. The van der Waals surface area contributed by atoms with Crippen LogP contribution in [-0.4, -0.2) is 53.8 Å². The molecule has 1 atom stereocenters. The highest BCUT2D eigenvalue weighted by Gasteiger charge is 2.28. The predicted octanol–water partition coefficient (Wildman–Crippen LogP) is 1.57. The maximum absolute atomic E-state index is 11.6. The lowest BCUT2D eigenvalue weighted by atomic mass is 10.2. The molecule has 0 aromatic rings. The molecule has 1 aliphatic heterocycles. The molecular formula is C11H21BrN2O. The summed E-state index contributed by atoms with van der Waals surface area (Å²) in [5.41, 5.74) is 0. The molecule has 1 aliphatic rings. The molecule has 0 aromatic heterocycles. The van der Waals surface area contributed by atoms with Gasteiger partial charge in [-0.1, -0.05) is 29.8 Å². The van der Waals surface area contributed by atoms with Crippen molar-refractivity contribution in [2.24, 2.45) is 5.92 Å². The normalized spacial score (nSPS) is 21.7. The Hall–Kier alpha value is -0.0900. The van der Waals surface area contributed by atoms with E-state index >= 15 is 0 Å². The average molecular weight is 277 g/mol. The second kappa shape index (κ2) is 6.48. The van der Waals surface area contributed by atoms with Gasteiger partial charge in [0.2, 0.25) is 5.91 Å². The van der Waals surface area contributed by atoms with Gasteiger partial charge in [-0.2, -0.15) is 0 Å². The Kier molecular flexibility index (Phi) is 5.61. The number of carbonyl (C=O) groups is 1. The summed E-state index contributed by atoms with van der Waals surface area (Å²) in [5.74, 6) is 0.848. The first-order valence-corrected chi connectivity index (χ1v) is 6.89. The van der Waals surface area contributed by atoms with Crippen molar-refractivity contribution in [2.75, 3.05) is 38.1 Å². The Morgan fingerprint density at radius 2 is 2.13 bits per heavy atom. The Balaban J connectivity index is 2.30. The van der Waals surface area contributed by atoms with E-state index in [4.69, 9.17) is 0 Å². The van der Waals surface area contributed by atoms with Crippen LogP contribution >= 0.6 is 15.9 Å². The number of alkyl halides is 1. The molecule has 0 N–H and O–H groups in total. The zero-order chi connectivity index (χ0) is 11.3. The lowest BCUT2D eigenvalue weighted by Gasteiger charge is -2.22. The van der Waals surface area contributed by atoms with Crippen molar-refractivity contribution >= 4 is 21.8 Å². The molecule has 1 fully saturated rings. The number of hydrogen-bond donors (Lipinski definition) is 0. The summed E-state index contributed by atoms with van der Waals surface area (Å²) in [5, 5.41) is 0.945. The van der Waals surface area contributed by atoms with E-state index in [-0.39, 0.29) is 0 Å². The second-order valence-corrected chi connectivity index (χ2v) is 4.74. The van der Waals surface area contributed by atoms with Gasteiger partial charge in [-0.15, -0.1) is 0 Å². The van der Waals surface area contributed by atoms with Crippen LogP contribution in [0.5, 0.6) is 0 Å².